The predicted octanol–water partition coefficient (Wildman–Crippen LogP) is 3.11. The zero-order chi connectivity index (χ0) is 16.2. The molecule has 0 bridgehead atoms. The van der Waals surface area contributed by atoms with Gasteiger partial charge in [-0.15, -0.1) is 11.3 Å². The van der Waals surface area contributed by atoms with Crippen molar-refractivity contribution < 1.29 is 9.18 Å². The zero-order valence-corrected chi connectivity index (χ0v) is 12.8. The predicted molar refractivity (Wildman–Crippen MR) is 88.5 cm³/mol. The Bertz CT molecular complexity index is 832. The highest BCUT2D eigenvalue weighted by Crippen LogP contribution is 2.25. The van der Waals surface area contributed by atoms with Crippen molar-refractivity contribution in [3.05, 3.63) is 59.4 Å². The summed E-state index contributed by atoms with van der Waals surface area (Å²) in [7, 11) is 0. The van der Waals surface area contributed by atoms with E-state index in [1.807, 2.05) is 5.38 Å². The average molecular weight is 328 g/mol. The molecule has 7 heteroatoms. The van der Waals surface area contributed by atoms with Gasteiger partial charge in [0.15, 0.2) is 5.13 Å². The summed E-state index contributed by atoms with van der Waals surface area (Å²) < 4.78 is 12.8. The van der Waals surface area contributed by atoms with Gasteiger partial charge in [-0.05, 0) is 29.8 Å². The Morgan fingerprint density at radius 3 is 2.78 bits per heavy atom. The molecule has 0 atom stereocenters. The first-order valence-corrected chi connectivity index (χ1v) is 7.70. The third-order valence-electron chi connectivity index (χ3n) is 3.11. The topological polar surface area (TPSA) is 80.9 Å². The highest BCUT2D eigenvalue weighted by atomic mass is 32.1. The number of halogens is 1. The second-order valence-electron chi connectivity index (χ2n) is 4.86. The number of carbonyl (C=O) groups excluding carboxylic acids is 1. The van der Waals surface area contributed by atoms with Gasteiger partial charge in [0.1, 0.15) is 11.6 Å². The van der Waals surface area contributed by atoms with E-state index in [9.17, 15) is 9.18 Å². The van der Waals surface area contributed by atoms with Crippen LogP contribution in [0, 0.1) is 5.82 Å². The molecule has 2 aromatic heterocycles. The van der Waals surface area contributed by atoms with Crippen molar-refractivity contribution in [3.8, 4) is 11.3 Å². The molecule has 5 nitrogen and oxygen atoms in total. The first kappa shape index (κ1) is 15.1. The highest BCUT2D eigenvalue weighted by molar-refractivity contribution is 7.14. The lowest BCUT2D eigenvalue weighted by Gasteiger charge is -2.02. The van der Waals surface area contributed by atoms with Crippen LogP contribution in [0.4, 0.5) is 15.3 Å². The molecular formula is C16H13FN4OS. The molecule has 1 aromatic carbocycles. The summed E-state index contributed by atoms with van der Waals surface area (Å²) in [5.41, 5.74) is 7.95. The molecule has 0 aliphatic rings. The minimum Gasteiger partial charge on any atom is -0.384 e. The van der Waals surface area contributed by atoms with Crippen molar-refractivity contribution in [2.45, 2.75) is 6.42 Å². The average Bonchev–Trinajstić information content (AvgIpc) is 2.98. The lowest BCUT2D eigenvalue weighted by Crippen LogP contribution is -2.14. The molecule has 0 aliphatic heterocycles. The van der Waals surface area contributed by atoms with Gasteiger partial charge in [0.25, 0.3) is 0 Å². The SMILES string of the molecule is Nc1cc(-c2csc(NC(=O)Cc3ccc(F)cc3)n2)ccn1. The van der Waals surface area contributed by atoms with E-state index >= 15 is 0 Å². The van der Waals surface area contributed by atoms with E-state index in [1.165, 1.54) is 23.5 Å². The van der Waals surface area contributed by atoms with Crippen LogP contribution in [0.5, 0.6) is 0 Å². The van der Waals surface area contributed by atoms with E-state index < -0.39 is 0 Å². The Labute approximate surface area is 136 Å². The molecule has 0 fully saturated rings. The van der Waals surface area contributed by atoms with Crippen LogP contribution in [0.25, 0.3) is 11.3 Å². The fraction of sp³-hybridized carbons (Fsp3) is 0.0625. The Morgan fingerprint density at radius 2 is 2.04 bits per heavy atom. The largest absolute Gasteiger partial charge is 0.384 e. The van der Waals surface area contributed by atoms with Crippen LogP contribution in [0.15, 0.2) is 48.0 Å². The number of nitrogens with zero attached hydrogens (tertiary/aromatic N) is 2. The number of anilines is 2. The monoisotopic (exact) mass is 328 g/mol. The van der Waals surface area contributed by atoms with Gasteiger partial charge in [-0.1, -0.05) is 12.1 Å². The summed E-state index contributed by atoms with van der Waals surface area (Å²) in [5.74, 6) is -0.112. The number of hydrogen-bond donors (Lipinski definition) is 2. The van der Waals surface area contributed by atoms with Crippen molar-refractivity contribution in [2.24, 2.45) is 0 Å². The second kappa shape index (κ2) is 6.53. The molecule has 1 amide bonds. The van der Waals surface area contributed by atoms with Gasteiger partial charge in [0.2, 0.25) is 5.91 Å². The number of carbonyl (C=O) groups is 1. The number of thiazole rings is 1. The first-order chi connectivity index (χ1) is 11.1. The number of pyridine rings is 1. The van der Waals surface area contributed by atoms with E-state index in [1.54, 1.807) is 30.5 Å². The van der Waals surface area contributed by atoms with Gasteiger partial charge < -0.3 is 11.1 Å². The molecule has 0 unspecified atom stereocenters. The smallest absolute Gasteiger partial charge is 0.230 e. The molecule has 3 rings (SSSR count). The van der Waals surface area contributed by atoms with Crippen LogP contribution in [0.2, 0.25) is 0 Å². The molecule has 3 N–H and O–H groups in total. The van der Waals surface area contributed by atoms with Gasteiger partial charge in [-0.3, -0.25) is 4.79 Å². The maximum Gasteiger partial charge on any atom is 0.230 e. The summed E-state index contributed by atoms with van der Waals surface area (Å²) in [6.07, 6.45) is 1.77. The first-order valence-electron chi connectivity index (χ1n) is 6.82. The Hall–Kier alpha value is -2.80. The normalized spacial score (nSPS) is 10.5. The maximum atomic E-state index is 12.8. The standard InChI is InChI=1S/C16H13FN4OS/c17-12-3-1-10(2-4-12)7-15(22)21-16-20-13(9-23-16)11-5-6-19-14(18)8-11/h1-6,8-9H,7H2,(H2,18,19)(H,20,21,22). The molecule has 0 saturated carbocycles. The van der Waals surface area contributed by atoms with Gasteiger partial charge >= 0.3 is 0 Å². The summed E-state index contributed by atoms with van der Waals surface area (Å²) >= 11 is 1.33. The van der Waals surface area contributed by atoms with Crippen molar-refractivity contribution >= 4 is 28.2 Å². The lowest BCUT2D eigenvalue weighted by atomic mass is 10.1. The number of nitrogens with two attached hydrogens (primary N) is 1. The van der Waals surface area contributed by atoms with E-state index in [4.69, 9.17) is 5.73 Å². The number of rotatable bonds is 4. The maximum absolute atomic E-state index is 12.8. The van der Waals surface area contributed by atoms with E-state index in [2.05, 4.69) is 15.3 Å². The van der Waals surface area contributed by atoms with E-state index in [0.29, 0.717) is 10.9 Å². The molecule has 0 aliphatic carbocycles. The quantitative estimate of drug-likeness (QED) is 0.771. The molecule has 3 aromatic rings. The minimum atomic E-state index is -0.324. The van der Waals surface area contributed by atoms with Crippen molar-refractivity contribution in [1.82, 2.24) is 9.97 Å². The fourth-order valence-corrected chi connectivity index (χ4v) is 2.76. The third-order valence-corrected chi connectivity index (χ3v) is 3.86. The minimum absolute atomic E-state index is 0.164. The highest BCUT2D eigenvalue weighted by Gasteiger charge is 2.09. The summed E-state index contributed by atoms with van der Waals surface area (Å²) in [6, 6.07) is 9.36. The molecule has 2 heterocycles. The molecule has 0 radical (unpaired) electrons. The van der Waals surface area contributed by atoms with Crippen LogP contribution in [0.3, 0.4) is 0 Å². The lowest BCUT2D eigenvalue weighted by molar-refractivity contribution is -0.115. The Morgan fingerprint density at radius 1 is 1.26 bits per heavy atom. The van der Waals surface area contributed by atoms with Crippen LogP contribution in [-0.2, 0) is 11.2 Å². The van der Waals surface area contributed by atoms with Gasteiger partial charge in [-0.25, -0.2) is 14.4 Å². The van der Waals surface area contributed by atoms with Crippen LogP contribution in [0.1, 0.15) is 5.56 Å². The number of benzene rings is 1. The van der Waals surface area contributed by atoms with E-state index in [-0.39, 0.29) is 18.1 Å². The van der Waals surface area contributed by atoms with E-state index in [0.717, 1.165) is 16.8 Å². The number of amides is 1. The van der Waals surface area contributed by atoms with Crippen LogP contribution < -0.4 is 11.1 Å². The second-order valence-corrected chi connectivity index (χ2v) is 5.72. The molecular weight excluding hydrogens is 315 g/mol. The Kier molecular flexibility index (Phi) is 4.29. The zero-order valence-electron chi connectivity index (χ0n) is 12.0. The Balaban J connectivity index is 1.66. The van der Waals surface area contributed by atoms with Gasteiger partial charge in [0, 0.05) is 17.1 Å². The van der Waals surface area contributed by atoms with Gasteiger partial charge in [-0.2, -0.15) is 0 Å². The van der Waals surface area contributed by atoms with Crippen molar-refractivity contribution in [1.29, 1.82) is 0 Å². The summed E-state index contributed by atoms with van der Waals surface area (Å²) in [4.78, 5) is 20.3. The summed E-state index contributed by atoms with van der Waals surface area (Å²) in [5, 5.41) is 5.08. The van der Waals surface area contributed by atoms with Crippen molar-refractivity contribution in [3.63, 3.8) is 0 Å². The van der Waals surface area contributed by atoms with Gasteiger partial charge in [0.05, 0.1) is 12.1 Å². The number of hydrogen-bond acceptors (Lipinski definition) is 5. The number of nitrogen functional groups attached to an aromatic ring is 1. The van der Waals surface area contributed by atoms with Crippen molar-refractivity contribution in [2.75, 3.05) is 11.1 Å². The summed E-state index contributed by atoms with van der Waals surface area (Å²) in [6.45, 7) is 0. The number of nitrogens with one attached hydrogen (secondary N) is 1. The number of aromatic nitrogens is 2. The van der Waals surface area contributed by atoms with Crippen LogP contribution >= 0.6 is 11.3 Å². The molecule has 0 saturated heterocycles. The molecule has 23 heavy (non-hydrogen) atoms. The molecule has 0 spiro atoms. The third kappa shape index (κ3) is 3.89. The van der Waals surface area contributed by atoms with Crippen LogP contribution in [-0.4, -0.2) is 15.9 Å². The molecule has 116 valence electrons. The fourth-order valence-electron chi connectivity index (χ4n) is 2.02.